The second-order valence-corrected chi connectivity index (χ2v) is 3.17. The van der Waals surface area contributed by atoms with Gasteiger partial charge in [-0.25, -0.2) is 0 Å². The van der Waals surface area contributed by atoms with Crippen molar-refractivity contribution < 1.29 is 24.5 Å². The number of hydrogen-bond acceptors (Lipinski definition) is 5. The van der Waals surface area contributed by atoms with Gasteiger partial charge in [-0.2, -0.15) is 0 Å². The molecule has 5 nitrogen and oxygen atoms in total. The molecule has 1 fully saturated rings. The van der Waals surface area contributed by atoms with E-state index in [0.29, 0.717) is 0 Å². The average Bonchev–Trinajstić information content (AvgIpc) is 1.96. The summed E-state index contributed by atoms with van der Waals surface area (Å²) in [5, 5.41) is 18.5. The molecular formula is C8H14O5. The van der Waals surface area contributed by atoms with Gasteiger partial charge in [0.05, 0.1) is 12.2 Å². The maximum atomic E-state index is 10.6. The van der Waals surface area contributed by atoms with Crippen molar-refractivity contribution in [3.05, 3.63) is 0 Å². The molecule has 1 aliphatic rings. The highest BCUT2D eigenvalue weighted by Crippen LogP contribution is 2.21. The van der Waals surface area contributed by atoms with Crippen LogP contribution < -0.4 is 0 Å². The highest BCUT2D eigenvalue weighted by molar-refractivity contribution is 5.66. The summed E-state index contributed by atoms with van der Waals surface area (Å²) in [6.07, 6.45) is -2.93. The zero-order valence-electron chi connectivity index (χ0n) is 7.64. The van der Waals surface area contributed by atoms with Crippen LogP contribution >= 0.6 is 0 Å². The third-order valence-electron chi connectivity index (χ3n) is 1.96. The smallest absolute Gasteiger partial charge is 0.303 e. The van der Waals surface area contributed by atoms with E-state index in [2.05, 4.69) is 0 Å². The van der Waals surface area contributed by atoms with Gasteiger partial charge in [-0.15, -0.1) is 0 Å². The molecule has 5 heteroatoms. The van der Waals surface area contributed by atoms with E-state index >= 15 is 0 Å². The number of esters is 1. The molecule has 13 heavy (non-hydrogen) atoms. The van der Waals surface area contributed by atoms with Crippen LogP contribution in [0.5, 0.6) is 0 Å². The normalized spacial score (nSPS) is 40.0. The van der Waals surface area contributed by atoms with Gasteiger partial charge < -0.3 is 19.7 Å². The number of ether oxygens (including phenoxy) is 2. The van der Waals surface area contributed by atoms with Crippen LogP contribution in [0.4, 0.5) is 0 Å². The van der Waals surface area contributed by atoms with E-state index in [1.807, 2.05) is 0 Å². The Balaban J connectivity index is 2.56. The molecule has 76 valence electrons. The predicted molar refractivity (Wildman–Crippen MR) is 42.7 cm³/mol. The van der Waals surface area contributed by atoms with Crippen molar-refractivity contribution in [3.63, 3.8) is 0 Å². The average molecular weight is 190 g/mol. The first kappa shape index (κ1) is 10.4. The predicted octanol–water partition coefficient (Wildman–Crippen LogP) is -0.594. The van der Waals surface area contributed by atoms with Crippen molar-refractivity contribution in [1.82, 2.24) is 0 Å². The fourth-order valence-corrected chi connectivity index (χ4v) is 1.40. The molecule has 0 amide bonds. The van der Waals surface area contributed by atoms with Crippen molar-refractivity contribution in [3.8, 4) is 0 Å². The van der Waals surface area contributed by atoms with Crippen LogP contribution in [0.15, 0.2) is 0 Å². The number of hydrogen-bond donors (Lipinski definition) is 2. The maximum Gasteiger partial charge on any atom is 0.303 e. The summed E-state index contributed by atoms with van der Waals surface area (Å²) in [5.74, 6) is -0.462. The second kappa shape index (κ2) is 4.04. The summed E-state index contributed by atoms with van der Waals surface area (Å²) in [4.78, 5) is 10.6. The van der Waals surface area contributed by atoms with Crippen LogP contribution in [0.1, 0.15) is 20.3 Å². The quantitative estimate of drug-likeness (QED) is 0.540. The van der Waals surface area contributed by atoms with Crippen molar-refractivity contribution in [2.24, 2.45) is 0 Å². The molecule has 4 atom stereocenters. The third-order valence-corrected chi connectivity index (χ3v) is 1.96. The molecule has 0 aromatic heterocycles. The highest BCUT2D eigenvalue weighted by Gasteiger charge is 2.36. The second-order valence-electron chi connectivity index (χ2n) is 3.17. The van der Waals surface area contributed by atoms with Gasteiger partial charge in [0, 0.05) is 13.3 Å². The first-order valence-corrected chi connectivity index (χ1v) is 4.19. The standard InChI is InChI=1S/C8H14O5/c1-4-8(13-5(2)9)6(10)3-7(11)12-4/h4,6-8,10-11H,3H2,1-2H3/t4-,6-,7-,8-/m0/s1. The Morgan fingerprint density at radius 3 is 2.62 bits per heavy atom. The largest absolute Gasteiger partial charge is 0.457 e. The fourth-order valence-electron chi connectivity index (χ4n) is 1.40. The number of rotatable bonds is 1. The maximum absolute atomic E-state index is 10.6. The number of carbonyl (C=O) groups is 1. The summed E-state index contributed by atoms with van der Waals surface area (Å²) >= 11 is 0. The van der Waals surface area contributed by atoms with Crippen molar-refractivity contribution in [1.29, 1.82) is 0 Å². The van der Waals surface area contributed by atoms with Gasteiger partial charge >= 0.3 is 5.97 Å². The van der Waals surface area contributed by atoms with Crippen molar-refractivity contribution >= 4 is 5.97 Å². The van der Waals surface area contributed by atoms with Crippen molar-refractivity contribution in [2.75, 3.05) is 0 Å². The first-order chi connectivity index (χ1) is 6.00. The topological polar surface area (TPSA) is 76.0 Å². The molecule has 0 aromatic rings. The Hall–Kier alpha value is -0.650. The molecule has 2 N–H and O–H groups in total. The van der Waals surface area contributed by atoms with Gasteiger partial charge in [0.2, 0.25) is 0 Å². The van der Waals surface area contributed by atoms with E-state index in [1.54, 1.807) is 6.92 Å². The van der Waals surface area contributed by atoms with E-state index in [1.165, 1.54) is 6.92 Å². The zero-order valence-corrected chi connectivity index (χ0v) is 7.64. The molecule has 0 aliphatic carbocycles. The molecule has 0 saturated carbocycles. The van der Waals surface area contributed by atoms with Gasteiger partial charge in [-0.1, -0.05) is 0 Å². The van der Waals surface area contributed by atoms with Crippen LogP contribution in [-0.4, -0.2) is 40.8 Å². The lowest BCUT2D eigenvalue weighted by Gasteiger charge is -2.35. The summed E-state index contributed by atoms with van der Waals surface area (Å²) in [6, 6.07) is 0. The van der Waals surface area contributed by atoms with Crippen LogP contribution in [0.2, 0.25) is 0 Å². The van der Waals surface area contributed by atoms with Gasteiger partial charge in [0.25, 0.3) is 0 Å². The summed E-state index contributed by atoms with van der Waals surface area (Å²) in [5.41, 5.74) is 0. The Bertz CT molecular complexity index is 181. The van der Waals surface area contributed by atoms with Gasteiger partial charge in [-0.3, -0.25) is 4.79 Å². The SMILES string of the molecule is CC(=O)O[C@H]1[C@H](C)O[C@H](O)C[C@@H]1O. The lowest BCUT2D eigenvalue weighted by atomic mass is 10.0. The van der Waals surface area contributed by atoms with E-state index in [9.17, 15) is 9.90 Å². The van der Waals surface area contributed by atoms with Gasteiger partial charge in [0.1, 0.15) is 0 Å². The molecule has 0 spiro atoms. The molecule has 0 bridgehead atoms. The molecule has 1 aliphatic heterocycles. The molecule has 0 aromatic carbocycles. The fraction of sp³-hybridized carbons (Fsp3) is 0.875. The lowest BCUT2D eigenvalue weighted by Crippen LogP contribution is -2.48. The molecule has 1 heterocycles. The lowest BCUT2D eigenvalue weighted by molar-refractivity contribution is -0.235. The van der Waals surface area contributed by atoms with Crippen LogP contribution in [-0.2, 0) is 14.3 Å². The van der Waals surface area contributed by atoms with Crippen LogP contribution in [0.3, 0.4) is 0 Å². The zero-order chi connectivity index (χ0) is 10.0. The third kappa shape index (κ3) is 2.65. The van der Waals surface area contributed by atoms with E-state index in [4.69, 9.17) is 14.6 Å². The minimum absolute atomic E-state index is 0.0717. The van der Waals surface area contributed by atoms with Gasteiger partial charge in [0.15, 0.2) is 12.4 Å². The highest BCUT2D eigenvalue weighted by atomic mass is 16.6. The molecular weight excluding hydrogens is 176 g/mol. The minimum Gasteiger partial charge on any atom is -0.457 e. The summed E-state index contributed by atoms with van der Waals surface area (Å²) in [6.45, 7) is 2.91. The summed E-state index contributed by atoms with van der Waals surface area (Å²) < 4.78 is 9.83. The first-order valence-electron chi connectivity index (χ1n) is 4.19. The number of carbonyl (C=O) groups excluding carboxylic acids is 1. The van der Waals surface area contributed by atoms with E-state index in [-0.39, 0.29) is 6.42 Å². The van der Waals surface area contributed by atoms with E-state index < -0.39 is 30.6 Å². The number of aliphatic hydroxyl groups is 2. The Morgan fingerprint density at radius 2 is 2.15 bits per heavy atom. The molecule has 1 rings (SSSR count). The Labute approximate surface area is 76.3 Å². The summed E-state index contributed by atoms with van der Waals surface area (Å²) in [7, 11) is 0. The minimum atomic E-state index is -0.975. The van der Waals surface area contributed by atoms with Crippen LogP contribution in [0.25, 0.3) is 0 Å². The Kier molecular flexibility index (Phi) is 3.24. The number of aliphatic hydroxyl groups excluding tert-OH is 2. The monoisotopic (exact) mass is 190 g/mol. The van der Waals surface area contributed by atoms with Crippen LogP contribution in [0, 0.1) is 0 Å². The molecule has 1 saturated heterocycles. The van der Waals surface area contributed by atoms with Gasteiger partial charge in [-0.05, 0) is 6.92 Å². The molecule has 0 unspecified atom stereocenters. The Morgan fingerprint density at radius 1 is 1.54 bits per heavy atom. The molecule has 0 radical (unpaired) electrons. The van der Waals surface area contributed by atoms with Crippen molar-refractivity contribution in [2.45, 2.75) is 44.9 Å². The van der Waals surface area contributed by atoms with E-state index in [0.717, 1.165) is 0 Å².